The third-order valence-corrected chi connectivity index (χ3v) is 3.52. The van der Waals surface area contributed by atoms with Gasteiger partial charge in [-0.25, -0.2) is 4.21 Å². The molecule has 1 atom stereocenters. The summed E-state index contributed by atoms with van der Waals surface area (Å²) in [4.78, 5) is 0.821. The highest BCUT2D eigenvalue weighted by atomic mass is 32.2. The highest BCUT2D eigenvalue weighted by molar-refractivity contribution is 7.88. The molecule has 0 heterocycles. The molecule has 0 saturated carbocycles. The molecule has 0 radical (unpaired) electrons. The van der Waals surface area contributed by atoms with E-state index in [2.05, 4.69) is 0 Å². The molecule has 2 rings (SSSR count). The predicted octanol–water partition coefficient (Wildman–Crippen LogP) is 4.02. The van der Waals surface area contributed by atoms with Gasteiger partial charge in [0.05, 0.1) is 10.8 Å². The van der Waals surface area contributed by atoms with Crippen molar-refractivity contribution in [3.05, 3.63) is 83.8 Å². The van der Waals surface area contributed by atoms with Crippen LogP contribution in [0.4, 0.5) is 0 Å². The summed E-state index contributed by atoms with van der Waals surface area (Å²) in [5, 5.41) is 1.69. The fourth-order valence-electron chi connectivity index (χ4n) is 1.48. The SMILES string of the molecule is O=[S@@](/C=C\C=C\c1ccccc1)c1ccccc1. The van der Waals surface area contributed by atoms with E-state index in [4.69, 9.17) is 0 Å². The Bertz CT molecular complexity index is 556. The van der Waals surface area contributed by atoms with E-state index in [-0.39, 0.29) is 0 Å². The zero-order chi connectivity index (χ0) is 12.6. The van der Waals surface area contributed by atoms with Gasteiger partial charge in [-0.2, -0.15) is 0 Å². The number of rotatable bonds is 4. The maximum atomic E-state index is 11.8. The average molecular weight is 254 g/mol. The Morgan fingerprint density at radius 3 is 2.06 bits per heavy atom. The van der Waals surface area contributed by atoms with Gasteiger partial charge in [0.25, 0.3) is 0 Å². The summed E-state index contributed by atoms with van der Waals surface area (Å²) >= 11 is 0. The first kappa shape index (κ1) is 12.5. The summed E-state index contributed by atoms with van der Waals surface area (Å²) in [6.45, 7) is 0. The highest BCUT2D eigenvalue weighted by Gasteiger charge is 1.95. The first-order valence-electron chi connectivity index (χ1n) is 5.72. The molecule has 2 aromatic carbocycles. The predicted molar refractivity (Wildman–Crippen MR) is 77.5 cm³/mol. The molecule has 0 N–H and O–H groups in total. The molecule has 0 aliphatic rings. The molecule has 90 valence electrons. The minimum absolute atomic E-state index is 0.821. The quantitative estimate of drug-likeness (QED) is 0.753. The van der Waals surface area contributed by atoms with Crippen molar-refractivity contribution in [1.29, 1.82) is 0 Å². The van der Waals surface area contributed by atoms with Gasteiger partial charge in [-0.15, -0.1) is 0 Å². The van der Waals surface area contributed by atoms with Crippen LogP contribution in [0.3, 0.4) is 0 Å². The molecule has 18 heavy (non-hydrogen) atoms. The van der Waals surface area contributed by atoms with Crippen molar-refractivity contribution in [2.75, 3.05) is 0 Å². The Morgan fingerprint density at radius 1 is 0.778 bits per heavy atom. The third-order valence-electron chi connectivity index (χ3n) is 2.38. The second-order valence-corrected chi connectivity index (χ2v) is 5.05. The fourth-order valence-corrected chi connectivity index (χ4v) is 2.30. The molecule has 0 amide bonds. The Morgan fingerprint density at radius 2 is 1.39 bits per heavy atom. The fraction of sp³-hybridized carbons (Fsp3) is 0. The van der Waals surface area contributed by atoms with E-state index in [9.17, 15) is 4.21 Å². The van der Waals surface area contributed by atoms with E-state index in [1.165, 1.54) is 0 Å². The molecular weight excluding hydrogens is 240 g/mol. The van der Waals surface area contributed by atoms with E-state index >= 15 is 0 Å². The Kier molecular flexibility index (Phi) is 4.68. The lowest BCUT2D eigenvalue weighted by Gasteiger charge is -1.93. The molecule has 0 saturated heterocycles. The highest BCUT2D eigenvalue weighted by Crippen LogP contribution is 2.07. The van der Waals surface area contributed by atoms with Gasteiger partial charge < -0.3 is 0 Å². The Balaban J connectivity index is 1.96. The van der Waals surface area contributed by atoms with Crippen LogP contribution in [0.1, 0.15) is 5.56 Å². The summed E-state index contributed by atoms with van der Waals surface area (Å²) in [6, 6.07) is 19.4. The molecule has 0 aliphatic heterocycles. The van der Waals surface area contributed by atoms with Gasteiger partial charge in [-0.3, -0.25) is 0 Å². The summed E-state index contributed by atoms with van der Waals surface area (Å²) in [5.74, 6) is 0. The molecule has 2 heteroatoms. The monoisotopic (exact) mass is 254 g/mol. The molecule has 0 aliphatic carbocycles. The topological polar surface area (TPSA) is 17.1 Å². The van der Waals surface area contributed by atoms with E-state index in [1.54, 1.807) is 5.41 Å². The van der Waals surface area contributed by atoms with Crippen LogP contribution < -0.4 is 0 Å². The van der Waals surface area contributed by atoms with Crippen molar-refractivity contribution in [2.45, 2.75) is 4.90 Å². The number of hydrogen-bond donors (Lipinski definition) is 0. The summed E-state index contributed by atoms with van der Waals surface area (Å²) < 4.78 is 11.8. The first-order valence-corrected chi connectivity index (χ1v) is 6.93. The molecular formula is C16H14OS. The van der Waals surface area contributed by atoms with Gasteiger partial charge in [0.2, 0.25) is 0 Å². The number of hydrogen-bond acceptors (Lipinski definition) is 1. The van der Waals surface area contributed by atoms with Gasteiger partial charge in [0.1, 0.15) is 0 Å². The van der Waals surface area contributed by atoms with Crippen molar-refractivity contribution in [1.82, 2.24) is 0 Å². The molecule has 0 aromatic heterocycles. The van der Waals surface area contributed by atoms with Crippen molar-refractivity contribution < 1.29 is 4.21 Å². The maximum Gasteiger partial charge on any atom is 0.0775 e. The number of allylic oxidation sites excluding steroid dienone is 2. The molecule has 1 nitrogen and oxygen atoms in total. The summed E-state index contributed by atoms with van der Waals surface area (Å²) in [7, 11) is -1.07. The van der Waals surface area contributed by atoms with Crippen molar-refractivity contribution in [3.8, 4) is 0 Å². The van der Waals surface area contributed by atoms with Crippen LogP contribution in [-0.2, 0) is 10.8 Å². The molecule has 0 unspecified atom stereocenters. The van der Waals surface area contributed by atoms with Crippen molar-refractivity contribution in [3.63, 3.8) is 0 Å². The third kappa shape index (κ3) is 3.82. The van der Waals surface area contributed by atoms with E-state index in [1.807, 2.05) is 78.9 Å². The van der Waals surface area contributed by atoms with Gasteiger partial charge in [-0.1, -0.05) is 66.8 Å². The van der Waals surface area contributed by atoms with Gasteiger partial charge in [0, 0.05) is 10.3 Å². The van der Waals surface area contributed by atoms with E-state index in [0.717, 1.165) is 10.5 Å². The molecule has 0 fully saturated rings. The Hall–Kier alpha value is -1.93. The van der Waals surface area contributed by atoms with Crippen LogP contribution in [0.5, 0.6) is 0 Å². The van der Waals surface area contributed by atoms with Crippen molar-refractivity contribution in [2.24, 2.45) is 0 Å². The lowest BCUT2D eigenvalue weighted by Crippen LogP contribution is -1.83. The van der Waals surface area contributed by atoms with Crippen LogP contribution in [0, 0.1) is 0 Å². The maximum absolute atomic E-state index is 11.8. The summed E-state index contributed by atoms with van der Waals surface area (Å²) in [5.41, 5.74) is 1.13. The van der Waals surface area contributed by atoms with Crippen LogP contribution in [-0.4, -0.2) is 4.21 Å². The van der Waals surface area contributed by atoms with E-state index in [0.29, 0.717) is 0 Å². The normalized spacial score (nSPS) is 13.1. The minimum Gasteiger partial charge on any atom is -0.250 e. The second-order valence-electron chi connectivity index (χ2n) is 3.71. The van der Waals surface area contributed by atoms with Crippen LogP contribution in [0.2, 0.25) is 0 Å². The lowest BCUT2D eigenvalue weighted by atomic mass is 10.2. The zero-order valence-corrected chi connectivity index (χ0v) is 10.7. The molecule has 2 aromatic rings. The van der Waals surface area contributed by atoms with Crippen LogP contribution in [0.15, 0.2) is 83.1 Å². The van der Waals surface area contributed by atoms with Gasteiger partial charge >= 0.3 is 0 Å². The number of benzene rings is 2. The lowest BCUT2D eigenvalue weighted by molar-refractivity contribution is 0.688. The first-order chi connectivity index (χ1) is 8.86. The van der Waals surface area contributed by atoms with Gasteiger partial charge in [-0.05, 0) is 17.7 Å². The van der Waals surface area contributed by atoms with Gasteiger partial charge in [0.15, 0.2) is 0 Å². The summed E-state index contributed by atoms with van der Waals surface area (Å²) in [6.07, 6.45) is 5.70. The average Bonchev–Trinajstić information content (AvgIpc) is 2.45. The van der Waals surface area contributed by atoms with Crippen LogP contribution in [0.25, 0.3) is 6.08 Å². The van der Waals surface area contributed by atoms with Crippen molar-refractivity contribution >= 4 is 16.9 Å². The standard InChI is InChI=1S/C16H14OS/c17-18(16-12-5-2-6-13-16)14-8-7-11-15-9-3-1-4-10-15/h1-14H/b11-7+,14-8-/t18-/m0/s1. The Labute approximate surface area is 110 Å². The largest absolute Gasteiger partial charge is 0.250 e. The molecule has 0 spiro atoms. The van der Waals surface area contributed by atoms with E-state index < -0.39 is 10.8 Å². The smallest absolute Gasteiger partial charge is 0.0775 e. The van der Waals surface area contributed by atoms with Crippen LogP contribution >= 0.6 is 0 Å². The minimum atomic E-state index is -1.07. The zero-order valence-electron chi connectivity index (χ0n) is 9.90. The molecule has 0 bridgehead atoms. The second kappa shape index (κ2) is 6.72.